The molecule has 1 heterocycles. The molecule has 2 rings (SSSR count). The van der Waals surface area contributed by atoms with E-state index in [4.69, 9.17) is 4.74 Å². The van der Waals surface area contributed by atoms with Gasteiger partial charge in [-0.05, 0) is 44.7 Å². The average molecular weight is 227 g/mol. The summed E-state index contributed by atoms with van der Waals surface area (Å²) < 4.78 is 5.66. The monoisotopic (exact) mass is 227 g/mol. The maximum absolute atomic E-state index is 10.2. The van der Waals surface area contributed by atoms with E-state index in [-0.39, 0.29) is 0 Å². The molecule has 16 heavy (non-hydrogen) atoms. The second kappa shape index (κ2) is 5.99. The number of hydrogen-bond acceptors (Lipinski definition) is 3. The number of ether oxygens (including phenoxy) is 1. The first-order chi connectivity index (χ1) is 7.79. The second-order valence-electron chi connectivity index (χ2n) is 5.49. The highest BCUT2D eigenvalue weighted by atomic mass is 16.5. The van der Waals surface area contributed by atoms with Crippen LogP contribution in [-0.2, 0) is 4.74 Å². The van der Waals surface area contributed by atoms with Gasteiger partial charge in [-0.15, -0.1) is 0 Å². The van der Waals surface area contributed by atoms with Crippen LogP contribution >= 0.6 is 0 Å². The summed E-state index contributed by atoms with van der Waals surface area (Å²) in [7, 11) is 0. The fourth-order valence-corrected chi connectivity index (χ4v) is 2.83. The van der Waals surface area contributed by atoms with Crippen molar-refractivity contribution < 1.29 is 9.84 Å². The van der Waals surface area contributed by atoms with E-state index in [1.54, 1.807) is 0 Å². The summed E-state index contributed by atoms with van der Waals surface area (Å²) >= 11 is 0. The number of hydrogen-bond donors (Lipinski definition) is 2. The van der Waals surface area contributed by atoms with E-state index in [9.17, 15) is 5.11 Å². The van der Waals surface area contributed by atoms with Gasteiger partial charge in [0.25, 0.3) is 0 Å². The van der Waals surface area contributed by atoms with Crippen molar-refractivity contribution >= 4 is 0 Å². The van der Waals surface area contributed by atoms with Gasteiger partial charge in [0.1, 0.15) is 0 Å². The Hall–Kier alpha value is -0.120. The van der Waals surface area contributed by atoms with Gasteiger partial charge in [0.05, 0.1) is 12.2 Å². The summed E-state index contributed by atoms with van der Waals surface area (Å²) in [4.78, 5) is 0. The summed E-state index contributed by atoms with van der Waals surface area (Å²) in [6, 6.07) is 0. The van der Waals surface area contributed by atoms with Crippen molar-refractivity contribution in [1.82, 2.24) is 5.32 Å². The zero-order valence-electron chi connectivity index (χ0n) is 10.2. The average Bonchev–Trinajstić information content (AvgIpc) is 2.78. The molecule has 0 aromatic rings. The van der Waals surface area contributed by atoms with Crippen molar-refractivity contribution in [2.24, 2.45) is 5.92 Å². The fourth-order valence-electron chi connectivity index (χ4n) is 2.83. The first-order valence-electron chi connectivity index (χ1n) is 6.79. The largest absolute Gasteiger partial charge is 0.387 e. The van der Waals surface area contributed by atoms with Crippen LogP contribution in [0.15, 0.2) is 0 Å². The van der Waals surface area contributed by atoms with Crippen molar-refractivity contribution in [2.45, 2.75) is 50.5 Å². The van der Waals surface area contributed by atoms with E-state index in [2.05, 4.69) is 5.32 Å². The molecule has 1 saturated heterocycles. The van der Waals surface area contributed by atoms with Crippen LogP contribution in [0.25, 0.3) is 0 Å². The van der Waals surface area contributed by atoms with Crippen molar-refractivity contribution in [1.29, 1.82) is 0 Å². The summed E-state index contributed by atoms with van der Waals surface area (Å²) in [6.07, 6.45) is 7.88. The van der Waals surface area contributed by atoms with Crippen LogP contribution in [0.3, 0.4) is 0 Å². The van der Waals surface area contributed by atoms with E-state index >= 15 is 0 Å². The van der Waals surface area contributed by atoms with Gasteiger partial charge in [0, 0.05) is 6.61 Å². The Morgan fingerprint density at radius 3 is 2.75 bits per heavy atom. The molecule has 2 N–H and O–H groups in total. The molecule has 1 aliphatic carbocycles. The fraction of sp³-hybridized carbons (Fsp3) is 1.00. The molecule has 1 saturated carbocycles. The van der Waals surface area contributed by atoms with Crippen LogP contribution in [0.4, 0.5) is 0 Å². The molecule has 0 aromatic heterocycles. The molecule has 0 amide bonds. The third kappa shape index (κ3) is 3.72. The molecule has 0 radical (unpaired) electrons. The molecule has 1 aliphatic heterocycles. The minimum Gasteiger partial charge on any atom is -0.387 e. The Balaban J connectivity index is 1.56. The van der Waals surface area contributed by atoms with Crippen LogP contribution < -0.4 is 5.32 Å². The maximum atomic E-state index is 10.2. The SMILES string of the molecule is OC1(COCCC2CCNC2)CCCCC1. The molecule has 3 heteroatoms. The predicted octanol–water partition coefficient (Wildman–Crippen LogP) is 1.70. The van der Waals surface area contributed by atoms with Gasteiger partial charge in [-0.25, -0.2) is 0 Å². The maximum Gasteiger partial charge on any atom is 0.0880 e. The van der Waals surface area contributed by atoms with E-state index in [1.165, 1.54) is 12.8 Å². The molecule has 1 unspecified atom stereocenters. The van der Waals surface area contributed by atoms with Crippen molar-refractivity contribution in [3.05, 3.63) is 0 Å². The van der Waals surface area contributed by atoms with Crippen LogP contribution in [0.2, 0.25) is 0 Å². The summed E-state index contributed by atoms with van der Waals surface area (Å²) in [5.74, 6) is 0.793. The second-order valence-corrected chi connectivity index (χ2v) is 5.49. The topological polar surface area (TPSA) is 41.5 Å². The molecule has 2 aliphatic rings. The third-order valence-corrected chi connectivity index (χ3v) is 3.99. The first kappa shape index (κ1) is 12.3. The number of aliphatic hydroxyl groups is 1. The molecule has 1 atom stereocenters. The van der Waals surface area contributed by atoms with Gasteiger partial charge < -0.3 is 15.2 Å². The lowest BCUT2D eigenvalue weighted by atomic mass is 9.85. The molecule has 3 nitrogen and oxygen atoms in total. The molecular weight excluding hydrogens is 202 g/mol. The normalized spacial score (nSPS) is 29.4. The lowest BCUT2D eigenvalue weighted by Crippen LogP contribution is -2.36. The van der Waals surface area contributed by atoms with Gasteiger partial charge in [-0.1, -0.05) is 19.3 Å². The highest BCUT2D eigenvalue weighted by molar-refractivity contribution is 4.81. The van der Waals surface area contributed by atoms with E-state index in [0.717, 1.165) is 57.7 Å². The molecule has 0 spiro atoms. The summed E-state index contributed by atoms with van der Waals surface area (Å²) in [5.41, 5.74) is -0.508. The highest BCUT2D eigenvalue weighted by Gasteiger charge is 2.29. The third-order valence-electron chi connectivity index (χ3n) is 3.99. The molecular formula is C13H25NO2. The van der Waals surface area contributed by atoms with Crippen LogP contribution in [0, 0.1) is 5.92 Å². The van der Waals surface area contributed by atoms with Gasteiger partial charge in [0.2, 0.25) is 0 Å². The minimum atomic E-state index is -0.508. The molecule has 2 fully saturated rings. The lowest BCUT2D eigenvalue weighted by Gasteiger charge is -2.31. The van der Waals surface area contributed by atoms with Crippen molar-refractivity contribution in [3.8, 4) is 0 Å². The quantitative estimate of drug-likeness (QED) is 0.702. The van der Waals surface area contributed by atoms with Gasteiger partial charge in [0.15, 0.2) is 0 Å². The van der Waals surface area contributed by atoms with Gasteiger partial charge in [-0.2, -0.15) is 0 Å². The summed E-state index contributed by atoms with van der Waals surface area (Å²) in [6.45, 7) is 3.67. The Morgan fingerprint density at radius 2 is 2.06 bits per heavy atom. The van der Waals surface area contributed by atoms with Crippen LogP contribution in [0.5, 0.6) is 0 Å². The first-order valence-corrected chi connectivity index (χ1v) is 6.79. The molecule has 0 aromatic carbocycles. The zero-order chi connectivity index (χ0) is 11.3. The predicted molar refractivity (Wildman–Crippen MR) is 64.4 cm³/mol. The minimum absolute atomic E-state index is 0.508. The van der Waals surface area contributed by atoms with Gasteiger partial charge in [-0.3, -0.25) is 0 Å². The smallest absolute Gasteiger partial charge is 0.0880 e. The van der Waals surface area contributed by atoms with E-state index < -0.39 is 5.60 Å². The van der Waals surface area contributed by atoms with Gasteiger partial charge >= 0.3 is 0 Å². The Labute approximate surface area is 98.6 Å². The van der Waals surface area contributed by atoms with Crippen molar-refractivity contribution in [2.75, 3.05) is 26.3 Å². The van der Waals surface area contributed by atoms with E-state index in [1.807, 2.05) is 0 Å². The van der Waals surface area contributed by atoms with E-state index in [0.29, 0.717) is 6.61 Å². The molecule has 0 bridgehead atoms. The lowest BCUT2D eigenvalue weighted by molar-refractivity contribution is -0.0698. The molecule has 94 valence electrons. The Bertz CT molecular complexity index is 196. The Morgan fingerprint density at radius 1 is 1.25 bits per heavy atom. The highest BCUT2D eigenvalue weighted by Crippen LogP contribution is 2.28. The van der Waals surface area contributed by atoms with Crippen LogP contribution in [0.1, 0.15) is 44.9 Å². The Kier molecular flexibility index (Phi) is 4.62. The standard InChI is InChI=1S/C13H25NO2/c15-13(6-2-1-3-7-13)11-16-9-5-12-4-8-14-10-12/h12,14-15H,1-11H2. The number of nitrogens with one attached hydrogen (secondary N) is 1. The number of rotatable bonds is 5. The van der Waals surface area contributed by atoms with Crippen LogP contribution in [-0.4, -0.2) is 37.0 Å². The van der Waals surface area contributed by atoms with Crippen molar-refractivity contribution in [3.63, 3.8) is 0 Å². The zero-order valence-corrected chi connectivity index (χ0v) is 10.2. The summed E-state index contributed by atoms with van der Waals surface area (Å²) in [5, 5.41) is 13.6.